The predicted octanol–water partition coefficient (Wildman–Crippen LogP) is -1.22. The number of amides is 1. The zero-order valence-electron chi connectivity index (χ0n) is 7.53. The van der Waals surface area contributed by atoms with E-state index >= 15 is 0 Å². The monoisotopic (exact) mass is 183 g/mol. The Morgan fingerprint density at radius 1 is 1.77 bits per heavy atom. The summed E-state index contributed by atoms with van der Waals surface area (Å²) in [7, 11) is 1.78. The summed E-state index contributed by atoms with van der Waals surface area (Å²) in [6.45, 7) is 0.723. The highest BCUT2D eigenvalue weighted by Crippen LogP contribution is 1.87. The number of nitrogens with one attached hydrogen (secondary N) is 1. The van der Waals surface area contributed by atoms with E-state index in [1.54, 1.807) is 18.1 Å². The van der Waals surface area contributed by atoms with E-state index in [1.165, 1.54) is 0 Å². The minimum Gasteiger partial charge on any atom is -0.349 e. The van der Waals surface area contributed by atoms with E-state index in [9.17, 15) is 4.79 Å². The molecule has 1 aromatic rings. The summed E-state index contributed by atoms with van der Waals surface area (Å²) in [4.78, 5) is 14.9. The number of hydrogen-bond acceptors (Lipinski definition) is 4. The normalized spacial score (nSPS) is 10.0. The molecule has 0 unspecified atom stereocenters. The maximum absolute atomic E-state index is 11.0. The molecule has 6 nitrogen and oxygen atoms in total. The second kappa shape index (κ2) is 4.56. The Bertz CT molecular complexity index is 282. The van der Waals surface area contributed by atoms with Gasteiger partial charge >= 0.3 is 0 Å². The number of hydrogen-bond donors (Lipinski definition) is 2. The molecule has 0 bridgehead atoms. The first-order valence-electron chi connectivity index (χ1n) is 4.03. The van der Waals surface area contributed by atoms with Crippen LogP contribution >= 0.6 is 0 Å². The van der Waals surface area contributed by atoms with Crippen LogP contribution in [0.15, 0.2) is 6.33 Å². The lowest BCUT2D eigenvalue weighted by molar-refractivity contribution is -0.121. The largest absolute Gasteiger partial charge is 0.349 e. The topological polar surface area (TPSA) is 85.8 Å². The Morgan fingerprint density at radius 3 is 3.08 bits per heavy atom. The van der Waals surface area contributed by atoms with Gasteiger partial charge < -0.3 is 11.1 Å². The highest BCUT2D eigenvalue weighted by molar-refractivity contribution is 5.75. The molecular weight excluding hydrogens is 170 g/mol. The number of rotatable bonds is 4. The standard InChI is InChI=1S/C7H13N5O/c1-12-5-10-6(11-12)4-9-7(13)2-3-8/h5H,2-4,8H2,1H3,(H,9,13). The molecule has 1 heterocycles. The Morgan fingerprint density at radius 2 is 2.54 bits per heavy atom. The number of carbonyl (C=O) groups excluding carboxylic acids is 1. The SMILES string of the molecule is Cn1cnc(CNC(=O)CCN)n1. The molecule has 0 fully saturated rings. The fraction of sp³-hybridized carbons (Fsp3) is 0.571. The third kappa shape index (κ3) is 3.20. The fourth-order valence-corrected chi connectivity index (χ4v) is 0.862. The van der Waals surface area contributed by atoms with Crippen LogP contribution in [0.5, 0.6) is 0 Å². The summed E-state index contributed by atoms with van der Waals surface area (Å²) < 4.78 is 1.59. The van der Waals surface area contributed by atoms with Crippen molar-refractivity contribution in [3.63, 3.8) is 0 Å². The molecule has 13 heavy (non-hydrogen) atoms. The van der Waals surface area contributed by atoms with Crippen molar-refractivity contribution < 1.29 is 4.79 Å². The summed E-state index contributed by atoms with van der Waals surface area (Å²) in [5, 5.41) is 6.66. The summed E-state index contributed by atoms with van der Waals surface area (Å²) in [5.41, 5.74) is 5.21. The van der Waals surface area contributed by atoms with Gasteiger partial charge in [0.05, 0.1) is 6.54 Å². The van der Waals surface area contributed by atoms with Gasteiger partial charge in [0.1, 0.15) is 6.33 Å². The number of nitrogens with two attached hydrogens (primary N) is 1. The molecule has 0 aromatic carbocycles. The van der Waals surface area contributed by atoms with Crippen molar-refractivity contribution in [1.82, 2.24) is 20.1 Å². The summed E-state index contributed by atoms with van der Waals surface area (Å²) in [6.07, 6.45) is 1.93. The maximum atomic E-state index is 11.0. The molecule has 0 saturated carbocycles. The summed E-state index contributed by atoms with van der Waals surface area (Å²) >= 11 is 0. The lowest BCUT2D eigenvalue weighted by Gasteiger charge is -1.99. The zero-order valence-corrected chi connectivity index (χ0v) is 7.53. The third-order valence-corrected chi connectivity index (χ3v) is 1.46. The van der Waals surface area contributed by atoms with Gasteiger partial charge in [0, 0.05) is 20.0 Å². The lowest BCUT2D eigenvalue weighted by atomic mass is 10.4. The van der Waals surface area contributed by atoms with Crippen LogP contribution in [0.3, 0.4) is 0 Å². The number of aryl methyl sites for hydroxylation is 1. The molecule has 0 radical (unpaired) electrons. The van der Waals surface area contributed by atoms with Crippen molar-refractivity contribution in [2.24, 2.45) is 12.8 Å². The van der Waals surface area contributed by atoms with Gasteiger partial charge in [-0.2, -0.15) is 5.10 Å². The van der Waals surface area contributed by atoms with Crippen molar-refractivity contribution in [1.29, 1.82) is 0 Å². The number of nitrogens with zero attached hydrogens (tertiary/aromatic N) is 3. The minimum absolute atomic E-state index is 0.0741. The third-order valence-electron chi connectivity index (χ3n) is 1.46. The first kappa shape index (κ1) is 9.66. The predicted molar refractivity (Wildman–Crippen MR) is 46.5 cm³/mol. The molecule has 0 spiro atoms. The van der Waals surface area contributed by atoms with Crippen molar-refractivity contribution in [3.05, 3.63) is 12.2 Å². The van der Waals surface area contributed by atoms with Crippen molar-refractivity contribution in [2.45, 2.75) is 13.0 Å². The van der Waals surface area contributed by atoms with Crippen molar-refractivity contribution >= 4 is 5.91 Å². The quantitative estimate of drug-likeness (QED) is 0.612. The molecule has 6 heteroatoms. The second-order valence-corrected chi connectivity index (χ2v) is 2.65. The van der Waals surface area contributed by atoms with E-state index < -0.39 is 0 Å². The van der Waals surface area contributed by atoms with Crippen molar-refractivity contribution in [2.75, 3.05) is 6.54 Å². The molecule has 3 N–H and O–H groups in total. The molecule has 1 amide bonds. The Labute approximate surface area is 76.1 Å². The van der Waals surface area contributed by atoms with Gasteiger partial charge in [-0.15, -0.1) is 0 Å². The van der Waals surface area contributed by atoms with Crippen LogP contribution in [0.2, 0.25) is 0 Å². The van der Waals surface area contributed by atoms with Crippen LogP contribution in [0, 0.1) is 0 Å². The van der Waals surface area contributed by atoms with Crippen molar-refractivity contribution in [3.8, 4) is 0 Å². The molecular formula is C7H13N5O. The molecule has 0 aliphatic rings. The molecule has 72 valence electrons. The van der Waals surface area contributed by atoms with Crippen LogP contribution in [0.4, 0.5) is 0 Å². The Balaban J connectivity index is 2.30. The summed E-state index contributed by atoms with van der Waals surface area (Å²) in [6, 6.07) is 0. The molecule has 1 aromatic heterocycles. The van der Waals surface area contributed by atoms with Gasteiger partial charge in [0.15, 0.2) is 5.82 Å². The maximum Gasteiger partial charge on any atom is 0.221 e. The van der Waals surface area contributed by atoms with Crippen LogP contribution in [0.1, 0.15) is 12.2 Å². The molecule has 0 atom stereocenters. The average Bonchev–Trinajstić information content (AvgIpc) is 2.49. The van der Waals surface area contributed by atoms with Gasteiger partial charge in [-0.1, -0.05) is 0 Å². The minimum atomic E-state index is -0.0741. The molecule has 0 aliphatic carbocycles. The second-order valence-electron chi connectivity index (χ2n) is 2.65. The molecule has 1 rings (SSSR count). The van der Waals surface area contributed by atoms with Crippen LogP contribution < -0.4 is 11.1 Å². The van der Waals surface area contributed by atoms with E-state index in [0.29, 0.717) is 25.3 Å². The average molecular weight is 183 g/mol. The Kier molecular flexibility index (Phi) is 3.39. The number of carbonyl (C=O) groups is 1. The zero-order chi connectivity index (χ0) is 9.68. The van der Waals surface area contributed by atoms with Crippen LogP contribution in [-0.2, 0) is 18.4 Å². The van der Waals surface area contributed by atoms with E-state index in [1.807, 2.05) is 0 Å². The van der Waals surface area contributed by atoms with E-state index in [-0.39, 0.29) is 5.91 Å². The smallest absolute Gasteiger partial charge is 0.221 e. The highest BCUT2D eigenvalue weighted by atomic mass is 16.1. The van der Waals surface area contributed by atoms with Gasteiger partial charge in [-0.3, -0.25) is 9.48 Å². The van der Waals surface area contributed by atoms with Crippen LogP contribution in [-0.4, -0.2) is 27.2 Å². The van der Waals surface area contributed by atoms with Crippen LogP contribution in [0.25, 0.3) is 0 Å². The number of aromatic nitrogens is 3. The fourth-order valence-electron chi connectivity index (χ4n) is 0.862. The van der Waals surface area contributed by atoms with Gasteiger partial charge in [0.2, 0.25) is 5.91 Å². The summed E-state index contributed by atoms with van der Waals surface area (Å²) in [5.74, 6) is 0.530. The lowest BCUT2D eigenvalue weighted by Crippen LogP contribution is -2.25. The van der Waals surface area contributed by atoms with Gasteiger partial charge in [0.25, 0.3) is 0 Å². The highest BCUT2D eigenvalue weighted by Gasteiger charge is 2.01. The molecule has 0 aliphatic heterocycles. The van der Waals surface area contributed by atoms with E-state index in [0.717, 1.165) is 0 Å². The van der Waals surface area contributed by atoms with Gasteiger partial charge in [-0.05, 0) is 0 Å². The van der Waals surface area contributed by atoms with E-state index in [4.69, 9.17) is 5.73 Å². The Hall–Kier alpha value is -1.43. The first-order valence-corrected chi connectivity index (χ1v) is 4.03. The van der Waals surface area contributed by atoms with E-state index in [2.05, 4.69) is 15.4 Å². The first-order chi connectivity index (χ1) is 6.22. The van der Waals surface area contributed by atoms with Gasteiger partial charge in [-0.25, -0.2) is 4.98 Å². The molecule has 0 saturated heterocycles.